The summed E-state index contributed by atoms with van der Waals surface area (Å²) in [5.74, 6) is -1.87. The zero-order chi connectivity index (χ0) is 12.8. The second-order valence-electron chi connectivity index (χ2n) is 3.16. The number of ether oxygens (including phenoxy) is 1. The van der Waals surface area contributed by atoms with Crippen LogP contribution in [0.1, 0.15) is 5.56 Å². The summed E-state index contributed by atoms with van der Waals surface area (Å²) in [5, 5.41) is 8.92. The maximum atomic E-state index is 11.5. The van der Waals surface area contributed by atoms with Gasteiger partial charge in [0.05, 0.1) is 0 Å². The van der Waals surface area contributed by atoms with Crippen molar-refractivity contribution < 1.29 is 19.4 Å². The van der Waals surface area contributed by atoms with Crippen molar-refractivity contribution in [1.29, 1.82) is 0 Å². The Bertz CT molecular complexity index is 470. The van der Waals surface area contributed by atoms with Crippen LogP contribution in [0.3, 0.4) is 0 Å². The lowest BCUT2D eigenvalue weighted by atomic mass is 10.1. The minimum Gasteiger partial charge on any atom is -0.478 e. The summed E-state index contributed by atoms with van der Waals surface area (Å²) in [6, 6.07) is 1.66. The number of carboxylic acids is 1. The molecule has 1 rings (SSSR count). The smallest absolute Gasteiger partial charge is 0.339 e. The number of rotatable bonds is 5. The van der Waals surface area contributed by atoms with Crippen LogP contribution in [0.2, 0.25) is 0 Å². The highest BCUT2D eigenvalue weighted by atomic mass is 79.9. The molecule has 1 aromatic rings. The molecule has 0 aliphatic heterocycles. The second-order valence-corrected chi connectivity index (χ2v) is 4.07. The monoisotopic (exact) mass is 299 g/mol. The highest BCUT2D eigenvalue weighted by molar-refractivity contribution is 9.10. The van der Waals surface area contributed by atoms with E-state index in [1.54, 1.807) is 12.3 Å². The highest BCUT2D eigenvalue weighted by Crippen LogP contribution is 2.13. The van der Waals surface area contributed by atoms with Crippen molar-refractivity contribution >= 4 is 33.8 Å². The summed E-state index contributed by atoms with van der Waals surface area (Å²) in [7, 11) is 1.33. The van der Waals surface area contributed by atoms with E-state index < -0.39 is 11.8 Å². The summed E-state index contributed by atoms with van der Waals surface area (Å²) >= 11 is 3.21. The number of Topliss-reactive ketones (excluding diaryl/α,β-unsaturated/α-hetero) is 1. The van der Waals surface area contributed by atoms with E-state index in [4.69, 9.17) is 5.11 Å². The Hall–Kier alpha value is -1.53. The topological polar surface area (TPSA) is 76.5 Å². The third-order valence-electron chi connectivity index (χ3n) is 1.84. The van der Waals surface area contributed by atoms with Gasteiger partial charge in [-0.25, -0.2) is 4.79 Å². The lowest BCUT2D eigenvalue weighted by Gasteiger charge is -2.01. The van der Waals surface area contributed by atoms with Gasteiger partial charge in [0.15, 0.2) is 5.78 Å². The summed E-state index contributed by atoms with van der Waals surface area (Å²) in [4.78, 5) is 26.3. The van der Waals surface area contributed by atoms with E-state index in [0.717, 1.165) is 0 Å². The maximum Gasteiger partial charge on any atom is 0.339 e. The molecule has 0 saturated carbocycles. The lowest BCUT2D eigenvalue weighted by Crippen LogP contribution is -2.16. The first-order valence-electron chi connectivity index (χ1n) is 4.62. The number of aliphatic carboxylic acids is 1. The van der Waals surface area contributed by atoms with Crippen LogP contribution in [-0.4, -0.2) is 35.6 Å². The number of aromatic nitrogens is 1. The molecule has 0 fully saturated rings. The number of hydrogen-bond donors (Lipinski definition) is 1. The van der Waals surface area contributed by atoms with Crippen LogP contribution >= 0.6 is 15.9 Å². The molecule has 0 atom stereocenters. The first-order chi connectivity index (χ1) is 8.04. The molecule has 17 heavy (non-hydrogen) atoms. The fraction of sp³-hybridized carbons (Fsp3) is 0.182. The Morgan fingerprint density at radius 2 is 2.24 bits per heavy atom. The van der Waals surface area contributed by atoms with Gasteiger partial charge in [-0.1, -0.05) is 0 Å². The average molecular weight is 300 g/mol. The zero-order valence-corrected chi connectivity index (χ0v) is 10.6. The lowest BCUT2D eigenvalue weighted by molar-refractivity contribution is -0.135. The number of carbonyl (C=O) groups is 2. The Morgan fingerprint density at radius 1 is 1.53 bits per heavy atom. The standard InChI is InChI=1S/C11H10BrNO4/c1-17-6-10(14)9(11(15)16)3-7-2-8(12)5-13-4-7/h2-5H,6H2,1H3,(H,15,16)/b9-3+. The van der Waals surface area contributed by atoms with Crippen molar-refractivity contribution in [3.05, 3.63) is 34.1 Å². The van der Waals surface area contributed by atoms with Gasteiger partial charge >= 0.3 is 5.97 Å². The molecular weight excluding hydrogens is 290 g/mol. The van der Waals surface area contributed by atoms with Gasteiger partial charge in [-0.3, -0.25) is 9.78 Å². The molecule has 0 saturated heterocycles. The van der Waals surface area contributed by atoms with Crippen LogP contribution in [0.25, 0.3) is 6.08 Å². The van der Waals surface area contributed by atoms with E-state index >= 15 is 0 Å². The van der Waals surface area contributed by atoms with E-state index in [9.17, 15) is 9.59 Å². The van der Waals surface area contributed by atoms with E-state index in [-0.39, 0.29) is 12.2 Å². The number of carboxylic acid groups (broad SMARTS) is 1. The van der Waals surface area contributed by atoms with Crippen molar-refractivity contribution in [2.45, 2.75) is 0 Å². The van der Waals surface area contributed by atoms with Gasteiger partial charge in [-0.15, -0.1) is 0 Å². The van der Waals surface area contributed by atoms with Crippen molar-refractivity contribution in [3.8, 4) is 0 Å². The molecule has 0 aromatic carbocycles. The van der Waals surface area contributed by atoms with E-state index in [1.165, 1.54) is 19.4 Å². The Balaban J connectivity index is 3.06. The van der Waals surface area contributed by atoms with Gasteiger partial charge in [0.25, 0.3) is 0 Å². The number of halogens is 1. The molecule has 0 amide bonds. The van der Waals surface area contributed by atoms with Crippen LogP contribution in [0.5, 0.6) is 0 Å². The number of ketones is 1. The molecule has 0 unspecified atom stereocenters. The molecular formula is C11H10BrNO4. The predicted molar refractivity (Wildman–Crippen MR) is 64.4 cm³/mol. The van der Waals surface area contributed by atoms with Gasteiger partial charge in [-0.05, 0) is 33.6 Å². The number of pyridine rings is 1. The van der Waals surface area contributed by atoms with Crippen LogP contribution < -0.4 is 0 Å². The van der Waals surface area contributed by atoms with E-state index in [0.29, 0.717) is 10.0 Å². The quantitative estimate of drug-likeness (QED) is 0.507. The Labute approximate surface area is 106 Å². The van der Waals surface area contributed by atoms with Gasteiger partial charge in [0.2, 0.25) is 0 Å². The molecule has 1 heterocycles. The predicted octanol–water partition coefficient (Wildman–Crippen LogP) is 1.53. The minimum atomic E-state index is -1.29. The maximum absolute atomic E-state index is 11.5. The van der Waals surface area contributed by atoms with Crippen LogP contribution in [-0.2, 0) is 14.3 Å². The third-order valence-corrected chi connectivity index (χ3v) is 2.28. The summed E-state index contributed by atoms with van der Waals surface area (Å²) < 4.78 is 5.32. The van der Waals surface area contributed by atoms with Gasteiger partial charge < -0.3 is 9.84 Å². The first kappa shape index (κ1) is 13.5. The van der Waals surface area contributed by atoms with Gasteiger partial charge in [0.1, 0.15) is 12.2 Å². The third kappa shape index (κ3) is 4.08. The molecule has 0 spiro atoms. The Morgan fingerprint density at radius 3 is 2.76 bits per heavy atom. The van der Waals surface area contributed by atoms with Gasteiger partial charge in [0, 0.05) is 24.0 Å². The van der Waals surface area contributed by atoms with Crippen LogP contribution in [0.4, 0.5) is 0 Å². The largest absolute Gasteiger partial charge is 0.478 e. The van der Waals surface area contributed by atoms with Crippen LogP contribution in [0, 0.1) is 0 Å². The number of nitrogens with zero attached hydrogens (tertiary/aromatic N) is 1. The molecule has 0 bridgehead atoms. The fourth-order valence-electron chi connectivity index (χ4n) is 1.14. The van der Waals surface area contributed by atoms with Crippen molar-refractivity contribution in [2.24, 2.45) is 0 Å². The molecule has 0 aliphatic carbocycles. The average Bonchev–Trinajstić information content (AvgIpc) is 2.26. The number of methoxy groups -OCH3 is 1. The summed E-state index contributed by atoms with van der Waals surface area (Å²) in [6.45, 7) is -0.264. The molecule has 1 N–H and O–H groups in total. The second kappa shape index (κ2) is 6.27. The Kier molecular flexibility index (Phi) is 4.99. The summed E-state index contributed by atoms with van der Waals surface area (Å²) in [5.41, 5.74) is 0.202. The zero-order valence-electron chi connectivity index (χ0n) is 9.01. The van der Waals surface area contributed by atoms with Crippen molar-refractivity contribution in [2.75, 3.05) is 13.7 Å². The minimum absolute atomic E-state index is 0.264. The molecule has 6 heteroatoms. The first-order valence-corrected chi connectivity index (χ1v) is 5.41. The van der Waals surface area contributed by atoms with Crippen LogP contribution in [0.15, 0.2) is 28.5 Å². The molecule has 5 nitrogen and oxygen atoms in total. The van der Waals surface area contributed by atoms with Crippen molar-refractivity contribution in [3.63, 3.8) is 0 Å². The molecule has 1 aromatic heterocycles. The fourth-order valence-corrected chi connectivity index (χ4v) is 1.53. The van der Waals surface area contributed by atoms with Gasteiger partial charge in [-0.2, -0.15) is 0 Å². The van der Waals surface area contributed by atoms with Crippen molar-refractivity contribution in [1.82, 2.24) is 4.98 Å². The van der Waals surface area contributed by atoms with E-state index in [2.05, 4.69) is 25.7 Å². The SMILES string of the molecule is COCC(=O)/C(=C\c1cncc(Br)c1)C(=O)O. The molecule has 0 aliphatic rings. The molecule has 0 radical (unpaired) electrons. The van der Waals surface area contributed by atoms with E-state index in [1.807, 2.05) is 0 Å². The highest BCUT2D eigenvalue weighted by Gasteiger charge is 2.16. The molecule has 90 valence electrons. The normalized spacial score (nSPS) is 11.3. The number of hydrogen-bond acceptors (Lipinski definition) is 4. The summed E-state index contributed by atoms with van der Waals surface area (Å²) in [6.07, 6.45) is 4.30. The number of carbonyl (C=O) groups excluding carboxylic acids is 1.